The zero-order chi connectivity index (χ0) is 16.0. The largest absolute Gasteiger partial charge is 0.420 e. The van der Waals surface area contributed by atoms with E-state index in [1.807, 2.05) is 18.2 Å². The quantitative estimate of drug-likeness (QED) is 0.571. The third kappa shape index (κ3) is 2.19. The lowest BCUT2D eigenvalue weighted by atomic mass is 10.1. The van der Waals surface area contributed by atoms with Gasteiger partial charge in [0.25, 0.3) is 0 Å². The van der Waals surface area contributed by atoms with Crippen LogP contribution in [-0.4, -0.2) is 17.8 Å². The summed E-state index contributed by atoms with van der Waals surface area (Å²) in [6.07, 6.45) is 0. The maximum Gasteiger partial charge on any atom is 0.367 e. The first-order valence-corrected chi connectivity index (χ1v) is 7.56. The fourth-order valence-electron chi connectivity index (χ4n) is 2.44. The molecule has 2 aromatic carbocycles. The van der Waals surface area contributed by atoms with Crippen LogP contribution in [0.1, 0.15) is 21.5 Å². The van der Waals surface area contributed by atoms with Gasteiger partial charge in [0, 0.05) is 10.0 Å². The second-order valence-corrected chi connectivity index (χ2v) is 5.75. The van der Waals surface area contributed by atoms with E-state index in [-0.39, 0.29) is 17.4 Å². The molecule has 0 spiro atoms. The molecule has 2 aliphatic heterocycles. The number of hydrogen-bond acceptors (Lipinski definition) is 5. The number of rotatable bonds is 1. The number of halogens is 1. The first kappa shape index (κ1) is 13.9. The number of ether oxygens (including phenoxy) is 2. The van der Waals surface area contributed by atoms with E-state index in [2.05, 4.69) is 20.9 Å². The molecule has 2 aliphatic rings. The van der Waals surface area contributed by atoms with Crippen LogP contribution in [0, 0.1) is 0 Å². The molecule has 2 aromatic rings. The van der Waals surface area contributed by atoms with Gasteiger partial charge in [-0.2, -0.15) is 0 Å². The van der Waals surface area contributed by atoms with Crippen LogP contribution in [0.25, 0.3) is 5.76 Å². The monoisotopic (exact) mass is 369 g/mol. The minimum Gasteiger partial charge on any atom is -0.420 e. The summed E-state index contributed by atoms with van der Waals surface area (Å²) >= 11 is 3.39. The summed E-state index contributed by atoms with van der Waals surface area (Å²) in [4.78, 5) is 28.3. The molecule has 23 heavy (non-hydrogen) atoms. The molecule has 0 atom stereocenters. The number of esters is 2. The highest BCUT2D eigenvalue weighted by Gasteiger charge is 2.36. The Hall–Kier alpha value is -2.73. The summed E-state index contributed by atoms with van der Waals surface area (Å²) in [5.41, 5.74) is 1.59. The van der Waals surface area contributed by atoms with Crippen LogP contribution >= 0.6 is 15.9 Å². The Morgan fingerprint density at radius 1 is 0.783 bits per heavy atom. The molecular formula is C17H8BrNO4. The molecule has 5 nitrogen and oxygen atoms in total. The van der Waals surface area contributed by atoms with Crippen molar-refractivity contribution in [2.75, 3.05) is 0 Å². The molecule has 0 radical (unpaired) electrons. The average Bonchev–Trinajstić information content (AvgIpc) is 3.09. The van der Waals surface area contributed by atoms with Gasteiger partial charge in [-0.05, 0) is 34.1 Å². The van der Waals surface area contributed by atoms with Crippen molar-refractivity contribution in [1.82, 2.24) is 0 Å². The third-order valence-electron chi connectivity index (χ3n) is 3.50. The molecule has 0 saturated carbocycles. The lowest BCUT2D eigenvalue weighted by molar-refractivity contribution is -0.130. The van der Waals surface area contributed by atoms with Crippen molar-refractivity contribution < 1.29 is 19.1 Å². The number of carbonyl (C=O) groups is 2. The SMILES string of the molecule is O=C1OC(c2ccccc2Br)=N/C1=C1\OC(=O)c2ccccc21. The average molecular weight is 370 g/mol. The van der Waals surface area contributed by atoms with Gasteiger partial charge in [-0.15, -0.1) is 0 Å². The molecule has 0 N–H and O–H groups in total. The normalized spacial score (nSPS) is 19.3. The summed E-state index contributed by atoms with van der Waals surface area (Å²) in [6, 6.07) is 14.1. The smallest absolute Gasteiger partial charge is 0.367 e. The van der Waals surface area contributed by atoms with Crippen LogP contribution in [0.2, 0.25) is 0 Å². The molecule has 2 heterocycles. The maximum absolute atomic E-state index is 12.2. The summed E-state index contributed by atoms with van der Waals surface area (Å²) in [7, 11) is 0. The van der Waals surface area contributed by atoms with Gasteiger partial charge < -0.3 is 9.47 Å². The Morgan fingerprint density at radius 2 is 1.43 bits per heavy atom. The summed E-state index contributed by atoms with van der Waals surface area (Å²) in [5, 5.41) is 0. The fourth-order valence-corrected chi connectivity index (χ4v) is 2.89. The number of cyclic esters (lactones) is 2. The van der Waals surface area contributed by atoms with Crippen molar-refractivity contribution in [3.05, 3.63) is 75.4 Å². The molecule has 112 valence electrons. The van der Waals surface area contributed by atoms with E-state index in [1.165, 1.54) is 0 Å². The van der Waals surface area contributed by atoms with Crippen LogP contribution in [0.5, 0.6) is 0 Å². The van der Waals surface area contributed by atoms with Gasteiger partial charge in [-0.1, -0.05) is 30.3 Å². The molecular weight excluding hydrogens is 362 g/mol. The van der Waals surface area contributed by atoms with E-state index < -0.39 is 11.9 Å². The maximum atomic E-state index is 12.2. The zero-order valence-corrected chi connectivity index (χ0v) is 13.2. The predicted octanol–water partition coefficient (Wildman–Crippen LogP) is 3.29. The Balaban J connectivity index is 1.86. The van der Waals surface area contributed by atoms with Gasteiger partial charge in [-0.3, -0.25) is 0 Å². The van der Waals surface area contributed by atoms with E-state index in [0.29, 0.717) is 16.7 Å². The van der Waals surface area contributed by atoms with Crippen LogP contribution < -0.4 is 0 Å². The van der Waals surface area contributed by atoms with Gasteiger partial charge >= 0.3 is 11.9 Å². The number of nitrogens with zero attached hydrogens (tertiary/aromatic N) is 1. The summed E-state index contributed by atoms with van der Waals surface area (Å²) in [6.45, 7) is 0. The molecule has 0 fully saturated rings. The van der Waals surface area contributed by atoms with Crippen molar-refractivity contribution in [3.8, 4) is 0 Å². The summed E-state index contributed by atoms with van der Waals surface area (Å²) < 4.78 is 11.2. The third-order valence-corrected chi connectivity index (χ3v) is 4.19. The molecule has 0 amide bonds. The Labute approximate surface area is 139 Å². The fraction of sp³-hybridized carbons (Fsp3) is 0. The highest BCUT2D eigenvalue weighted by atomic mass is 79.9. The van der Waals surface area contributed by atoms with Crippen LogP contribution in [0.3, 0.4) is 0 Å². The van der Waals surface area contributed by atoms with E-state index in [4.69, 9.17) is 9.47 Å². The highest BCUT2D eigenvalue weighted by molar-refractivity contribution is 9.10. The molecule has 0 bridgehead atoms. The van der Waals surface area contributed by atoms with Gasteiger partial charge in [0.2, 0.25) is 5.90 Å². The molecule has 0 aromatic heterocycles. The van der Waals surface area contributed by atoms with E-state index in [9.17, 15) is 9.59 Å². The van der Waals surface area contributed by atoms with Crippen molar-refractivity contribution >= 4 is 39.5 Å². The minimum absolute atomic E-state index is 0.00551. The summed E-state index contributed by atoms with van der Waals surface area (Å²) in [5.74, 6) is -0.834. The molecule has 0 unspecified atom stereocenters. The Bertz CT molecular complexity index is 930. The van der Waals surface area contributed by atoms with Gasteiger partial charge in [0.05, 0.1) is 11.1 Å². The van der Waals surface area contributed by atoms with E-state index >= 15 is 0 Å². The second-order valence-electron chi connectivity index (χ2n) is 4.90. The van der Waals surface area contributed by atoms with Gasteiger partial charge in [0.1, 0.15) is 0 Å². The highest BCUT2D eigenvalue weighted by Crippen LogP contribution is 2.35. The van der Waals surface area contributed by atoms with Crippen molar-refractivity contribution in [2.24, 2.45) is 4.99 Å². The zero-order valence-electron chi connectivity index (χ0n) is 11.6. The Kier molecular flexibility index (Phi) is 3.12. The van der Waals surface area contributed by atoms with Gasteiger partial charge in [-0.25, -0.2) is 14.6 Å². The van der Waals surface area contributed by atoms with Crippen molar-refractivity contribution in [3.63, 3.8) is 0 Å². The second kappa shape index (κ2) is 5.17. The standard InChI is InChI=1S/C17H8BrNO4/c18-12-8-4-3-7-11(12)15-19-13(17(21)23-15)14-9-5-1-2-6-10(9)16(20)22-14/h1-8H/b14-13-. The number of carbonyl (C=O) groups excluding carboxylic acids is 2. The predicted molar refractivity (Wildman–Crippen MR) is 85.5 cm³/mol. The van der Waals surface area contributed by atoms with Gasteiger partial charge in [0.15, 0.2) is 11.5 Å². The van der Waals surface area contributed by atoms with Crippen LogP contribution in [-0.2, 0) is 14.3 Å². The molecule has 0 aliphatic carbocycles. The number of hydrogen-bond donors (Lipinski definition) is 0. The molecule has 4 rings (SSSR count). The number of aliphatic imine (C=N–C) groups is 1. The molecule has 6 heteroatoms. The van der Waals surface area contributed by atoms with E-state index in [0.717, 1.165) is 4.47 Å². The van der Waals surface area contributed by atoms with Crippen LogP contribution in [0.15, 0.2) is 63.7 Å². The number of fused-ring (bicyclic) bond motifs is 1. The van der Waals surface area contributed by atoms with Crippen molar-refractivity contribution in [2.45, 2.75) is 0 Å². The first-order chi connectivity index (χ1) is 11.1. The van der Waals surface area contributed by atoms with E-state index in [1.54, 1.807) is 30.3 Å². The minimum atomic E-state index is -0.643. The molecule has 0 saturated heterocycles. The van der Waals surface area contributed by atoms with Crippen molar-refractivity contribution in [1.29, 1.82) is 0 Å². The lowest BCUT2D eigenvalue weighted by Crippen LogP contribution is -2.06. The number of benzene rings is 2. The Morgan fingerprint density at radius 3 is 2.17 bits per heavy atom. The lowest BCUT2D eigenvalue weighted by Gasteiger charge is -2.01. The topological polar surface area (TPSA) is 65.0 Å². The first-order valence-electron chi connectivity index (χ1n) is 6.77. The van der Waals surface area contributed by atoms with Crippen LogP contribution in [0.4, 0.5) is 0 Å².